The van der Waals surface area contributed by atoms with Gasteiger partial charge in [-0.25, -0.2) is 4.98 Å². The van der Waals surface area contributed by atoms with Crippen molar-refractivity contribution in [2.45, 2.75) is 0 Å². The minimum absolute atomic E-state index is 0.315. The quantitative estimate of drug-likeness (QED) is 0.648. The number of thiazole rings is 1. The van der Waals surface area contributed by atoms with Crippen molar-refractivity contribution in [2.24, 2.45) is 0 Å². The van der Waals surface area contributed by atoms with Crippen molar-refractivity contribution in [2.75, 3.05) is 5.73 Å². The molecule has 0 atom stereocenters. The Kier molecular flexibility index (Phi) is 1.32. The summed E-state index contributed by atoms with van der Waals surface area (Å²) >= 11 is 1.49. The van der Waals surface area contributed by atoms with E-state index in [1.807, 2.05) is 5.38 Å². The molecule has 0 saturated heterocycles. The van der Waals surface area contributed by atoms with Gasteiger partial charge in [0.2, 0.25) is 5.95 Å². The molecule has 0 amide bonds. The summed E-state index contributed by atoms with van der Waals surface area (Å²) in [5.74, 6) is 0.938. The molecule has 11 heavy (non-hydrogen) atoms. The van der Waals surface area contributed by atoms with E-state index in [1.54, 1.807) is 6.20 Å². The topological polar surface area (TPSA) is 80.5 Å². The van der Waals surface area contributed by atoms with Crippen molar-refractivity contribution in [1.29, 1.82) is 0 Å². The van der Waals surface area contributed by atoms with E-state index in [0.29, 0.717) is 11.8 Å². The molecule has 0 aliphatic heterocycles. The minimum Gasteiger partial charge on any atom is -0.368 e. The molecule has 2 aromatic rings. The highest BCUT2D eigenvalue weighted by Gasteiger charge is 2.03. The number of hydrogen-bond acceptors (Lipinski definition) is 5. The van der Waals surface area contributed by atoms with Gasteiger partial charge in [-0.2, -0.15) is 0 Å². The Labute approximate surface area is 66.3 Å². The van der Waals surface area contributed by atoms with Crippen LogP contribution < -0.4 is 5.73 Å². The summed E-state index contributed by atoms with van der Waals surface area (Å²) in [6, 6.07) is 0. The first kappa shape index (κ1) is 6.29. The number of hydrogen-bond donors (Lipinski definition) is 2. The van der Waals surface area contributed by atoms with Crippen LogP contribution in [0.3, 0.4) is 0 Å². The lowest BCUT2D eigenvalue weighted by Crippen LogP contribution is -1.85. The van der Waals surface area contributed by atoms with Gasteiger partial charge in [0.15, 0.2) is 10.8 Å². The lowest BCUT2D eigenvalue weighted by Gasteiger charge is -1.82. The number of anilines is 1. The second-order valence-corrected chi connectivity index (χ2v) is 2.79. The number of aromatic amines is 1. The van der Waals surface area contributed by atoms with Crippen molar-refractivity contribution in [3.8, 4) is 10.8 Å². The Morgan fingerprint density at radius 2 is 2.36 bits per heavy atom. The van der Waals surface area contributed by atoms with Gasteiger partial charge in [-0.1, -0.05) is 0 Å². The van der Waals surface area contributed by atoms with Crippen molar-refractivity contribution >= 4 is 17.3 Å². The summed E-state index contributed by atoms with van der Waals surface area (Å²) < 4.78 is 0. The van der Waals surface area contributed by atoms with Gasteiger partial charge in [0, 0.05) is 11.6 Å². The molecule has 0 aliphatic rings. The molecule has 6 heteroatoms. The van der Waals surface area contributed by atoms with Crippen LogP contribution >= 0.6 is 11.3 Å². The van der Waals surface area contributed by atoms with Crippen molar-refractivity contribution in [3.63, 3.8) is 0 Å². The van der Waals surface area contributed by atoms with Crippen LogP contribution in [-0.2, 0) is 0 Å². The number of nitrogen functional groups attached to an aromatic ring is 1. The third-order valence-electron chi connectivity index (χ3n) is 1.14. The molecule has 2 rings (SSSR count). The maximum Gasteiger partial charge on any atom is 0.219 e. The third-order valence-corrected chi connectivity index (χ3v) is 1.92. The van der Waals surface area contributed by atoms with E-state index in [2.05, 4.69) is 20.2 Å². The van der Waals surface area contributed by atoms with Crippen LogP contribution in [0, 0.1) is 0 Å². The van der Waals surface area contributed by atoms with Gasteiger partial charge in [-0.15, -0.1) is 21.5 Å². The number of nitrogens with zero attached hydrogens (tertiary/aromatic N) is 3. The lowest BCUT2D eigenvalue weighted by molar-refractivity contribution is 1.10. The Bertz CT molecular complexity index is 337. The maximum absolute atomic E-state index is 5.33. The lowest BCUT2D eigenvalue weighted by atomic mass is 10.6. The molecule has 0 radical (unpaired) electrons. The predicted molar refractivity (Wildman–Crippen MR) is 41.9 cm³/mol. The average molecular weight is 167 g/mol. The monoisotopic (exact) mass is 167 g/mol. The molecule has 0 bridgehead atoms. The highest BCUT2D eigenvalue weighted by Crippen LogP contribution is 2.16. The van der Waals surface area contributed by atoms with Crippen LogP contribution in [0.25, 0.3) is 10.8 Å². The van der Waals surface area contributed by atoms with Crippen LogP contribution in [0.2, 0.25) is 0 Å². The van der Waals surface area contributed by atoms with Crippen molar-refractivity contribution < 1.29 is 0 Å². The number of nitrogens with two attached hydrogens (primary N) is 1. The van der Waals surface area contributed by atoms with E-state index in [4.69, 9.17) is 5.73 Å². The zero-order valence-corrected chi connectivity index (χ0v) is 6.30. The summed E-state index contributed by atoms with van der Waals surface area (Å²) in [5.41, 5.74) is 5.33. The van der Waals surface area contributed by atoms with Crippen LogP contribution in [0.5, 0.6) is 0 Å². The number of aromatic nitrogens is 4. The van der Waals surface area contributed by atoms with Crippen LogP contribution in [0.15, 0.2) is 11.6 Å². The molecule has 56 valence electrons. The standard InChI is InChI=1S/C5H5N5S/c6-5-8-3(9-10-5)4-7-1-2-11-4/h1-2H,(H3,6,8,9,10). The number of nitrogens with one attached hydrogen (secondary N) is 1. The van der Waals surface area contributed by atoms with E-state index in [-0.39, 0.29) is 0 Å². The summed E-state index contributed by atoms with van der Waals surface area (Å²) in [6.45, 7) is 0. The van der Waals surface area contributed by atoms with Crippen LogP contribution in [-0.4, -0.2) is 20.2 Å². The summed E-state index contributed by atoms with van der Waals surface area (Å²) in [6.07, 6.45) is 1.71. The van der Waals surface area contributed by atoms with E-state index < -0.39 is 0 Å². The van der Waals surface area contributed by atoms with E-state index in [0.717, 1.165) is 5.01 Å². The normalized spacial score (nSPS) is 10.2. The van der Waals surface area contributed by atoms with Gasteiger partial charge in [-0.3, -0.25) is 0 Å². The first-order valence-corrected chi connectivity index (χ1v) is 3.82. The molecular weight excluding hydrogens is 162 g/mol. The first-order valence-electron chi connectivity index (χ1n) is 2.94. The highest BCUT2D eigenvalue weighted by molar-refractivity contribution is 7.12. The molecular formula is C5H5N5S. The molecule has 5 nitrogen and oxygen atoms in total. The van der Waals surface area contributed by atoms with E-state index in [1.165, 1.54) is 11.3 Å². The molecule has 2 heterocycles. The Balaban J connectivity index is 2.45. The Morgan fingerprint density at radius 1 is 1.45 bits per heavy atom. The second-order valence-electron chi connectivity index (χ2n) is 1.90. The molecule has 0 aromatic carbocycles. The third kappa shape index (κ3) is 1.07. The van der Waals surface area contributed by atoms with Crippen molar-refractivity contribution in [1.82, 2.24) is 20.2 Å². The first-order chi connectivity index (χ1) is 5.36. The fraction of sp³-hybridized carbons (Fsp3) is 0. The molecule has 0 fully saturated rings. The average Bonchev–Trinajstić information content (AvgIpc) is 2.55. The maximum atomic E-state index is 5.33. The fourth-order valence-corrected chi connectivity index (χ4v) is 1.29. The highest BCUT2D eigenvalue weighted by atomic mass is 32.1. The van der Waals surface area contributed by atoms with Crippen molar-refractivity contribution in [3.05, 3.63) is 11.6 Å². The molecule has 0 aliphatic carbocycles. The van der Waals surface area contributed by atoms with Gasteiger partial charge in [0.25, 0.3) is 0 Å². The summed E-state index contributed by atoms with van der Waals surface area (Å²) in [7, 11) is 0. The minimum atomic E-state index is 0.315. The summed E-state index contributed by atoms with van der Waals surface area (Å²) in [5, 5.41) is 10.1. The Hall–Kier alpha value is -1.43. The van der Waals surface area contributed by atoms with E-state index >= 15 is 0 Å². The van der Waals surface area contributed by atoms with Gasteiger partial charge < -0.3 is 10.7 Å². The zero-order valence-electron chi connectivity index (χ0n) is 5.48. The molecule has 0 spiro atoms. The van der Waals surface area contributed by atoms with Crippen LogP contribution in [0.4, 0.5) is 5.95 Å². The summed E-state index contributed by atoms with van der Waals surface area (Å²) in [4.78, 5) is 6.81. The molecule has 0 saturated carbocycles. The second kappa shape index (κ2) is 2.31. The van der Waals surface area contributed by atoms with Gasteiger partial charge in [0.05, 0.1) is 0 Å². The molecule has 2 aromatic heterocycles. The van der Waals surface area contributed by atoms with Crippen LogP contribution in [0.1, 0.15) is 0 Å². The van der Waals surface area contributed by atoms with Gasteiger partial charge in [0.1, 0.15) is 0 Å². The van der Waals surface area contributed by atoms with Gasteiger partial charge in [-0.05, 0) is 0 Å². The smallest absolute Gasteiger partial charge is 0.219 e. The number of rotatable bonds is 1. The Morgan fingerprint density at radius 3 is 2.91 bits per heavy atom. The SMILES string of the molecule is Nc1nnc(-c2nccs2)[nH]1. The fourth-order valence-electron chi connectivity index (χ4n) is 0.712. The number of H-pyrrole nitrogens is 1. The van der Waals surface area contributed by atoms with Gasteiger partial charge >= 0.3 is 0 Å². The zero-order chi connectivity index (χ0) is 7.68. The van der Waals surface area contributed by atoms with E-state index in [9.17, 15) is 0 Å². The largest absolute Gasteiger partial charge is 0.368 e. The molecule has 0 unspecified atom stereocenters. The molecule has 3 N–H and O–H groups in total. The predicted octanol–water partition coefficient (Wildman–Crippen LogP) is 0.510.